The van der Waals surface area contributed by atoms with Crippen molar-refractivity contribution in [3.8, 4) is 0 Å². The number of carbonyl (C=O) groups excluding carboxylic acids is 1. The van der Waals surface area contributed by atoms with Crippen molar-refractivity contribution < 1.29 is 13.2 Å². The van der Waals surface area contributed by atoms with E-state index < -0.39 is 9.84 Å². The van der Waals surface area contributed by atoms with Gasteiger partial charge in [0, 0.05) is 19.5 Å². The molecule has 2 unspecified atom stereocenters. The zero-order valence-electron chi connectivity index (χ0n) is 10.9. The Balaban J connectivity index is 1.67. The van der Waals surface area contributed by atoms with Gasteiger partial charge in [-0.05, 0) is 38.3 Å². The van der Waals surface area contributed by atoms with Crippen LogP contribution in [0.2, 0.25) is 0 Å². The van der Waals surface area contributed by atoms with Crippen molar-refractivity contribution >= 4 is 15.7 Å². The van der Waals surface area contributed by atoms with Gasteiger partial charge in [-0.25, -0.2) is 8.42 Å². The van der Waals surface area contributed by atoms with Crippen molar-refractivity contribution in [1.29, 1.82) is 0 Å². The van der Waals surface area contributed by atoms with Crippen molar-refractivity contribution in [2.75, 3.05) is 38.2 Å². The highest BCUT2D eigenvalue weighted by Crippen LogP contribution is 2.21. The molecule has 0 aliphatic carbocycles. The van der Waals surface area contributed by atoms with Crippen LogP contribution in [0.3, 0.4) is 0 Å². The first kappa shape index (κ1) is 13.8. The maximum absolute atomic E-state index is 11.7. The molecule has 2 fully saturated rings. The van der Waals surface area contributed by atoms with Gasteiger partial charge in [0.15, 0.2) is 9.84 Å². The molecule has 2 rings (SSSR count). The van der Waals surface area contributed by atoms with Gasteiger partial charge in [-0.3, -0.25) is 4.79 Å². The number of nitrogens with zero attached hydrogens (tertiary/aromatic N) is 1. The van der Waals surface area contributed by atoms with Crippen LogP contribution < -0.4 is 5.32 Å². The summed E-state index contributed by atoms with van der Waals surface area (Å²) in [6.45, 7) is 2.86. The first-order valence-corrected chi connectivity index (χ1v) is 8.42. The Morgan fingerprint density at radius 1 is 1.33 bits per heavy atom. The summed E-state index contributed by atoms with van der Waals surface area (Å²) in [5.74, 6) is 1.02. The van der Waals surface area contributed by atoms with E-state index in [4.69, 9.17) is 0 Å². The molecule has 0 spiro atoms. The maximum atomic E-state index is 11.7. The summed E-state index contributed by atoms with van der Waals surface area (Å²) in [5.41, 5.74) is 0. The van der Waals surface area contributed by atoms with Crippen LogP contribution in [0, 0.1) is 11.8 Å². The summed E-state index contributed by atoms with van der Waals surface area (Å²) in [7, 11) is -0.777. The van der Waals surface area contributed by atoms with E-state index in [9.17, 15) is 13.2 Å². The average molecular weight is 274 g/mol. The average Bonchev–Trinajstić information content (AvgIpc) is 2.82. The highest BCUT2D eigenvalue weighted by molar-refractivity contribution is 7.91. The molecule has 2 heterocycles. The molecule has 0 radical (unpaired) electrons. The molecule has 2 aliphatic rings. The van der Waals surface area contributed by atoms with Crippen molar-refractivity contribution in [2.45, 2.75) is 19.3 Å². The highest BCUT2D eigenvalue weighted by atomic mass is 32.2. The fraction of sp³-hybridized carbons (Fsp3) is 0.917. The van der Waals surface area contributed by atoms with Gasteiger partial charge < -0.3 is 10.2 Å². The van der Waals surface area contributed by atoms with Crippen LogP contribution >= 0.6 is 0 Å². The third kappa shape index (κ3) is 3.95. The number of likely N-dealkylation sites (tertiary alicyclic amines) is 1. The molecule has 104 valence electrons. The molecule has 6 heteroatoms. The molecule has 0 aromatic rings. The molecule has 0 bridgehead atoms. The zero-order chi connectivity index (χ0) is 13.2. The van der Waals surface area contributed by atoms with E-state index in [1.54, 1.807) is 0 Å². The fourth-order valence-corrected chi connectivity index (χ4v) is 4.68. The first-order valence-electron chi connectivity index (χ1n) is 6.60. The van der Waals surface area contributed by atoms with Crippen molar-refractivity contribution in [2.24, 2.45) is 11.8 Å². The molecule has 0 aromatic heterocycles. The lowest BCUT2D eigenvalue weighted by Crippen LogP contribution is -2.31. The monoisotopic (exact) mass is 274 g/mol. The van der Waals surface area contributed by atoms with E-state index >= 15 is 0 Å². The maximum Gasteiger partial charge on any atom is 0.220 e. The lowest BCUT2D eigenvalue weighted by atomic mass is 10.0. The van der Waals surface area contributed by atoms with Crippen molar-refractivity contribution in [3.63, 3.8) is 0 Å². The topological polar surface area (TPSA) is 66.5 Å². The van der Waals surface area contributed by atoms with Crippen LogP contribution in [-0.4, -0.2) is 57.4 Å². The zero-order valence-corrected chi connectivity index (χ0v) is 11.7. The van der Waals surface area contributed by atoms with Gasteiger partial charge in [-0.1, -0.05) is 0 Å². The fourth-order valence-electron chi connectivity index (χ4n) is 2.82. The Morgan fingerprint density at radius 2 is 2.11 bits per heavy atom. The number of rotatable bonds is 4. The van der Waals surface area contributed by atoms with E-state index in [0.717, 1.165) is 26.1 Å². The van der Waals surface area contributed by atoms with Crippen LogP contribution in [0.5, 0.6) is 0 Å². The largest absolute Gasteiger partial charge is 0.356 e. The van der Waals surface area contributed by atoms with Gasteiger partial charge in [-0.15, -0.1) is 0 Å². The molecule has 0 saturated carbocycles. The van der Waals surface area contributed by atoms with Crippen LogP contribution in [0.4, 0.5) is 0 Å². The van der Waals surface area contributed by atoms with Gasteiger partial charge in [0.2, 0.25) is 5.91 Å². The molecule has 18 heavy (non-hydrogen) atoms. The van der Waals surface area contributed by atoms with E-state index in [1.165, 1.54) is 0 Å². The van der Waals surface area contributed by atoms with Crippen LogP contribution in [0.15, 0.2) is 0 Å². The Labute approximate surface area is 109 Å². The summed E-state index contributed by atoms with van der Waals surface area (Å²) in [5, 5.41) is 2.94. The quantitative estimate of drug-likeness (QED) is 0.776. The minimum absolute atomic E-state index is 0.00616. The lowest BCUT2D eigenvalue weighted by Gasteiger charge is -2.13. The lowest BCUT2D eigenvalue weighted by molar-refractivity contribution is -0.122. The number of hydrogen-bond donors (Lipinski definition) is 1. The van der Waals surface area contributed by atoms with Gasteiger partial charge in [0.05, 0.1) is 11.5 Å². The van der Waals surface area contributed by atoms with E-state index in [-0.39, 0.29) is 23.3 Å². The van der Waals surface area contributed by atoms with Crippen LogP contribution in [-0.2, 0) is 14.6 Å². The molecule has 2 aliphatic heterocycles. The Morgan fingerprint density at radius 3 is 2.67 bits per heavy atom. The van der Waals surface area contributed by atoms with Crippen LogP contribution in [0.25, 0.3) is 0 Å². The smallest absolute Gasteiger partial charge is 0.220 e. The molecule has 0 aromatic carbocycles. The van der Waals surface area contributed by atoms with Crippen molar-refractivity contribution in [3.05, 3.63) is 0 Å². The summed E-state index contributed by atoms with van der Waals surface area (Å²) in [6, 6.07) is 0. The predicted octanol–water partition coefficient (Wildman–Crippen LogP) is -0.121. The third-order valence-electron chi connectivity index (χ3n) is 3.88. The van der Waals surface area contributed by atoms with Gasteiger partial charge in [0.25, 0.3) is 0 Å². The van der Waals surface area contributed by atoms with Crippen molar-refractivity contribution in [1.82, 2.24) is 10.2 Å². The Hall–Kier alpha value is -0.620. The minimum Gasteiger partial charge on any atom is -0.356 e. The van der Waals surface area contributed by atoms with Crippen LogP contribution in [0.1, 0.15) is 19.3 Å². The minimum atomic E-state index is -2.87. The second kappa shape index (κ2) is 5.57. The SMILES string of the molecule is CN1CCC(CNC(=O)CC2CCS(=O)(=O)C2)C1. The summed E-state index contributed by atoms with van der Waals surface area (Å²) >= 11 is 0. The van der Waals surface area contributed by atoms with Gasteiger partial charge in [0.1, 0.15) is 0 Å². The molecule has 2 atom stereocenters. The molecular formula is C12H22N2O3S. The van der Waals surface area contributed by atoms with Gasteiger partial charge in [-0.2, -0.15) is 0 Å². The Bertz CT molecular complexity index is 408. The Kier molecular flexibility index (Phi) is 4.27. The summed E-state index contributed by atoms with van der Waals surface area (Å²) in [6.07, 6.45) is 2.14. The third-order valence-corrected chi connectivity index (χ3v) is 5.71. The summed E-state index contributed by atoms with van der Waals surface area (Å²) < 4.78 is 22.6. The molecule has 1 amide bonds. The molecular weight excluding hydrogens is 252 g/mol. The number of hydrogen-bond acceptors (Lipinski definition) is 4. The molecule has 2 saturated heterocycles. The van der Waals surface area contributed by atoms with Gasteiger partial charge >= 0.3 is 0 Å². The number of sulfone groups is 1. The van der Waals surface area contributed by atoms with E-state index in [1.807, 2.05) is 0 Å². The second-order valence-electron chi connectivity index (χ2n) is 5.69. The number of amides is 1. The van der Waals surface area contributed by atoms with E-state index in [2.05, 4.69) is 17.3 Å². The second-order valence-corrected chi connectivity index (χ2v) is 7.92. The molecule has 1 N–H and O–H groups in total. The first-order chi connectivity index (χ1) is 8.44. The van der Waals surface area contributed by atoms with E-state index in [0.29, 0.717) is 18.8 Å². The standard InChI is InChI=1S/C12H22N2O3S/c1-14-4-2-11(8-14)7-13-12(15)6-10-3-5-18(16,17)9-10/h10-11H,2-9H2,1H3,(H,13,15). The highest BCUT2D eigenvalue weighted by Gasteiger charge is 2.29. The normalized spacial score (nSPS) is 31.6. The number of carbonyl (C=O) groups is 1. The predicted molar refractivity (Wildman–Crippen MR) is 70.0 cm³/mol. The summed E-state index contributed by atoms with van der Waals surface area (Å²) in [4.78, 5) is 14.0. The molecule has 5 nitrogen and oxygen atoms in total. The number of nitrogens with one attached hydrogen (secondary N) is 1.